The molecule has 0 saturated heterocycles. The van der Waals surface area contributed by atoms with Crippen LogP contribution in [-0.4, -0.2) is 25.7 Å². The first-order valence-electron chi connectivity index (χ1n) is 9.15. The van der Waals surface area contributed by atoms with Gasteiger partial charge in [0.1, 0.15) is 5.75 Å². The lowest BCUT2D eigenvalue weighted by atomic mass is 10.1. The van der Waals surface area contributed by atoms with Crippen LogP contribution in [0.3, 0.4) is 0 Å². The van der Waals surface area contributed by atoms with Gasteiger partial charge in [0.25, 0.3) is 5.91 Å². The molecule has 3 aromatic rings. The Hall–Kier alpha value is -3.34. The first kappa shape index (κ1) is 19.4. The third-order valence-electron chi connectivity index (χ3n) is 4.07. The summed E-state index contributed by atoms with van der Waals surface area (Å²) in [5.74, 6) is 0.271. The molecule has 0 heterocycles. The van der Waals surface area contributed by atoms with Crippen LogP contribution in [0.4, 0.5) is 4.39 Å². The van der Waals surface area contributed by atoms with Gasteiger partial charge in [-0.1, -0.05) is 60.7 Å². The van der Waals surface area contributed by atoms with Crippen LogP contribution in [-0.2, 0) is 4.79 Å². The van der Waals surface area contributed by atoms with Crippen molar-refractivity contribution in [2.75, 3.05) is 19.8 Å². The van der Waals surface area contributed by atoms with Crippen molar-refractivity contribution in [3.05, 3.63) is 84.7 Å². The van der Waals surface area contributed by atoms with Crippen molar-refractivity contribution in [1.82, 2.24) is 5.32 Å². The number of hydrogen-bond donors (Lipinski definition) is 1. The molecular formula is C23H22FNO3. The number of benzene rings is 3. The molecule has 0 aromatic heterocycles. The van der Waals surface area contributed by atoms with Gasteiger partial charge in [0.15, 0.2) is 18.2 Å². The van der Waals surface area contributed by atoms with Gasteiger partial charge in [0, 0.05) is 12.1 Å². The molecule has 0 atom stereocenters. The van der Waals surface area contributed by atoms with Gasteiger partial charge in [0.2, 0.25) is 0 Å². The molecule has 1 amide bonds. The number of carbonyl (C=O) groups excluding carboxylic acids is 1. The van der Waals surface area contributed by atoms with Crippen molar-refractivity contribution < 1.29 is 18.7 Å². The molecule has 5 heteroatoms. The summed E-state index contributed by atoms with van der Waals surface area (Å²) in [7, 11) is 0. The van der Waals surface area contributed by atoms with Crippen molar-refractivity contribution in [2.24, 2.45) is 0 Å². The number of hydrogen-bond acceptors (Lipinski definition) is 3. The van der Waals surface area contributed by atoms with Crippen LogP contribution in [0.1, 0.15) is 6.42 Å². The predicted octanol–water partition coefficient (Wildman–Crippen LogP) is 4.46. The average Bonchev–Trinajstić information content (AvgIpc) is 2.74. The first-order chi connectivity index (χ1) is 13.7. The number of nitrogens with one attached hydrogen (secondary N) is 1. The van der Waals surface area contributed by atoms with Gasteiger partial charge in [-0.2, -0.15) is 0 Å². The fourth-order valence-electron chi connectivity index (χ4n) is 2.69. The zero-order valence-corrected chi connectivity index (χ0v) is 15.4. The normalized spacial score (nSPS) is 10.3. The number of carbonyl (C=O) groups is 1. The lowest BCUT2D eigenvalue weighted by molar-refractivity contribution is -0.123. The van der Waals surface area contributed by atoms with Crippen molar-refractivity contribution in [3.8, 4) is 22.6 Å². The highest BCUT2D eigenvalue weighted by Crippen LogP contribution is 2.29. The molecule has 0 saturated carbocycles. The van der Waals surface area contributed by atoms with E-state index in [-0.39, 0.29) is 18.3 Å². The van der Waals surface area contributed by atoms with Gasteiger partial charge in [0.05, 0.1) is 6.61 Å². The minimum Gasteiger partial charge on any atom is -0.490 e. The summed E-state index contributed by atoms with van der Waals surface area (Å²) in [6, 6.07) is 23.7. The Morgan fingerprint density at radius 2 is 1.50 bits per heavy atom. The molecular weight excluding hydrogens is 357 g/mol. The van der Waals surface area contributed by atoms with Gasteiger partial charge in [-0.15, -0.1) is 0 Å². The second-order valence-corrected chi connectivity index (χ2v) is 6.13. The maximum Gasteiger partial charge on any atom is 0.257 e. The summed E-state index contributed by atoms with van der Waals surface area (Å²) in [4.78, 5) is 12.0. The van der Waals surface area contributed by atoms with Crippen LogP contribution < -0.4 is 14.8 Å². The summed E-state index contributed by atoms with van der Waals surface area (Å²) in [5, 5.41) is 2.78. The van der Waals surface area contributed by atoms with Crippen molar-refractivity contribution in [2.45, 2.75) is 6.42 Å². The van der Waals surface area contributed by atoms with E-state index in [1.165, 1.54) is 6.07 Å². The van der Waals surface area contributed by atoms with E-state index < -0.39 is 5.82 Å². The number of amides is 1. The Morgan fingerprint density at radius 3 is 2.29 bits per heavy atom. The highest BCUT2D eigenvalue weighted by Gasteiger charge is 2.08. The van der Waals surface area contributed by atoms with Crippen LogP contribution in [0.25, 0.3) is 11.1 Å². The molecule has 28 heavy (non-hydrogen) atoms. The zero-order chi connectivity index (χ0) is 19.6. The van der Waals surface area contributed by atoms with Gasteiger partial charge in [-0.25, -0.2) is 4.39 Å². The number of ether oxygens (including phenoxy) is 2. The summed E-state index contributed by atoms with van der Waals surface area (Å²) in [6.07, 6.45) is 0.570. The fourth-order valence-corrected chi connectivity index (χ4v) is 2.69. The van der Waals surface area contributed by atoms with E-state index in [4.69, 9.17) is 9.47 Å². The van der Waals surface area contributed by atoms with Crippen LogP contribution >= 0.6 is 0 Å². The summed E-state index contributed by atoms with van der Waals surface area (Å²) >= 11 is 0. The maximum absolute atomic E-state index is 13.4. The largest absolute Gasteiger partial charge is 0.490 e. The monoisotopic (exact) mass is 379 g/mol. The highest BCUT2D eigenvalue weighted by molar-refractivity contribution is 5.78. The van der Waals surface area contributed by atoms with E-state index in [9.17, 15) is 9.18 Å². The van der Waals surface area contributed by atoms with Gasteiger partial charge in [-0.3, -0.25) is 4.79 Å². The number of halogens is 1. The van der Waals surface area contributed by atoms with E-state index in [0.717, 1.165) is 11.1 Å². The third kappa shape index (κ3) is 5.58. The smallest absolute Gasteiger partial charge is 0.257 e. The molecule has 0 unspecified atom stereocenters. The molecule has 0 spiro atoms. The Morgan fingerprint density at radius 1 is 0.821 bits per heavy atom. The maximum atomic E-state index is 13.4. The molecule has 0 fully saturated rings. The molecule has 3 aromatic carbocycles. The molecule has 0 radical (unpaired) electrons. The molecule has 3 rings (SSSR count). The van der Waals surface area contributed by atoms with Crippen LogP contribution in [0.15, 0.2) is 78.9 Å². The van der Waals surface area contributed by atoms with Crippen LogP contribution in [0.2, 0.25) is 0 Å². The summed E-state index contributed by atoms with van der Waals surface area (Å²) in [6.45, 7) is 0.675. The molecule has 1 N–H and O–H groups in total. The second kappa shape index (κ2) is 10.1. The average molecular weight is 379 g/mol. The van der Waals surface area contributed by atoms with Crippen LogP contribution in [0, 0.1) is 5.82 Å². The summed E-state index contributed by atoms with van der Waals surface area (Å²) < 4.78 is 24.5. The molecule has 4 nitrogen and oxygen atoms in total. The lowest BCUT2D eigenvalue weighted by Crippen LogP contribution is -2.30. The topological polar surface area (TPSA) is 47.6 Å². The van der Waals surface area contributed by atoms with E-state index in [2.05, 4.69) is 5.32 Å². The van der Waals surface area contributed by atoms with E-state index in [1.54, 1.807) is 18.2 Å². The Bertz CT molecular complexity index is 899. The number of para-hydroxylation sites is 2. The van der Waals surface area contributed by atoms with Crippen molar-refractivity contribution in [1.29, 1.82) is 0 Å². The van der Waals surface area contributed by atoms with Gasteiger partial charge in [-0.05, 0) is 30.2 Å². The molecule has 0 bridgehead atoms. The van der Waals surface area contributed by atoms with E-state index in [0.29, 0.717) is 25.3 Å². The summed E-state index contributed by atoms with van der Waals surface area (Å²) in [5.41, 5.74) is 1.97. The van der Waals surface area contributed by atoms with Gasteiger partial charge < -0.3 is 14.8 Å². The second-order valence-electron chi connectivity index (χ2n) is 6.13. The number of rotatable bonds is 9. The Labute approximate surface area is 163 Å². The SMILES string of the molecule is O=C(COc1ccccc1-c1ccccc1)NCCCOc1ccccc1F. The molecule has 0 aliphatic heterocycles. The van der Waals surface area contributed by atoms with Crippen LogP contribution in [0.5, 0.6) is 11.5 Å². The standard InChI is InChI=1S/C23H22FNO3/c24-20-12-5-7-14-22(20)27-16-8-15-25-23(26)17-28-21-13-6-4-11-19(21)18-9-2-1-3-10-18/h1-7,9-14H,8,15-17H2,(H,25,26). The van der Waals surface area contributed by atoms with E-state index in [1.807, 2.05) is 54.6 Å². The van der Waals surface area contributed by atoms with Gasteiger partial charge >= 0.3 is 0 Å². The lowest BCUT2D eigenvalue weighted by Gasteiger charge is -2.12. The molecule has 0 aliphatic carbocycles. The quantitative estimate of drug-likeness (QED) is 0.559. The molecule has 144 valence electrons. The highest BCUT2D eigenvalue weighted by atomic mass is 19.1. The first-order valence-corrected chi connectivity index (χ1v) is 9.15. The third-order valence-corrected chi connectivity index (χ3v) is 4.07. The molecule has 0 aliphatic rings. The van der Waals surface area contributed by atoms with E-state index >= 15 is 0 Å². The minimum atomic E-state index is -0.392. The Balaban J connectivity index is 1.41. The minimum absolute atomic E-state index is 0.0714. The fraction of sp³-hybridized carbons (Fsp3) is 0.174. The Kier molecular flexibility index (Phi) is 7.01. The zero-order valence-electron chi connectivity index (χ0n) is 15.4. The van der Waals surface area contributed by atoms with Crippen molar-refractivity contribution >= 4 is 5.91 Å². The van der Waals surface area contributed by atoms with Crippen molar-refractivity contribution in [3.63, 3.8) is 0 Å². The predicted molar refractivity (Wildman–Crippen MR) is 107 cm³/mol.